The zero-order valence-corrected chi connectivity index (χ0v) is 8.76. The SMILES string of the molecule is O=c1[nH]c(=O)n(-c2ccc(Cl)c(Cl)c2)[nH]1. The highest BCUT2D eigenvalue weighted by atomic mass is 35.5. The van der Waals surface area contributed by atoms with E-state index in [0.717, 1.165) is 4.68 Å². The molecule has 0 radical (unpaired) electrons. The maximum Gasteiger partial charge on any atom is 0.349 e. The van der Waals surface area contributed by atoms with Gasteiger partial charge in [-0.25, -0.2) is 19.4 Å². The van der Waals surface area contributed by atoms with Crippen LogP contribution >= 0.6 is 23.2 Å². The summed E-state index contributed by atoms with van der Waals surface area (Å²) in [6.07, 6.45) is 0. The van der Waals surface area contributed by atoms with Crippen molar-refractivity contribution < 1.29 is 0 Å². The zero-order chi connectivity index (χ0) is 11.0. The molecule has 7 heteroatoms. The van der Waals surface area contributed by atoms with Crippen LogP contribution in [0.2, 0.25) is 10.0 Å². The smallest absolute Gasteiger partial charge is 0.256 e. The van der Waals surface area contributed by atoms with Gasteiger partial charge in [-0.3, -0.25) is 4.98 Å². The lowest BCUT2D eigenvalue weighted by Crippen LogP contribution is -2.15. The summed E-state index contributed by atoms with van der Waals surface area (Å²) in [7, 11) is 0. The van der Waals surface area contributed by atoms with Gasteiger partial charge in [0.15, 0.2) is 0 Å². The molecular weight excluding hydrogens is 241 g/mol. The van der Waals surface area contributed by atoms with Crippen molar-refractivity contribution >= 4 is 23.2 Å². The first-order valence-electron chi connectivity index (χ1n) is 3.95. The van der Waals surface area contributed by atoms with Gasteiger partial charge in [0.2, 0.25) is 0 Å². The maximum absolute atomic E-state index is 11.2. The van der Waals surface area contributed by atoms with Gasteiger partial charge in [-0.1, -0.05) is 23.2 Å². The normalized spacial score (nSPS) is 10.5. The molecule has 1 aromatic heterocycles. The van der Waals surface area contributed by atoms with Gasteiger partial charge < -0.3 is 0 Å². The van der Waals surface area contributed by atoms with Crippen LogP contribution in [0.1, 0.15) is 0 Å². The second-order valence-corrected chi connectivity index (χ2v) is 3.62. The third kappa shape index (κ3) is 1.84. The lowest BCUT2D eigenvalue weighted by Gasteiger charge is -2.01. The predicted molar refractivity (Wildman–Crippen MR) is 57.0 cm³/mol. The Kier molecular flexibility index (Phi) is 2.42. The summed E-state index contributed by atoms with van der Waals surface area (Å²) in [5.74, 6) is 0. The van der Waals surface area contributed by atoms with E-state index < -0.39 is 11.4 Å². The van der Waals surface area contributed by atoms with Crippen LogP contribution in [0.4, 0.5) is 0 Å². The Morgan fingerprint density at radius 2 is 1.87 bits per heavy atom. The van der Waals surface area contributed by atoms with Gasteiger partial charge in [0.1, 0.15) is 0 Å². The molecule has 5 nitrogen and oxygen atoms in total. The van der Waals surface area contributed by atoms with Crippen LogP contribution in [0.3, 0.4) is 0 Å². The number of nitrogens with one attached hydrogen (secondary N) is 2. The third-order valence-electron chi connectivity index (χ3n) is 1.80. The van der Waals surface area contributed by atoms with E-state index in [1.54, 1.807) is 6.07 Å². The average molecular weight is 246 g/mol. The number of H-pyrrole nitrogens is 2. The Balaban J connectivity index is 2.64. The zero-order valence-electron chi connectivity index (χ0n) is 7.25. The summed E-state index contributed by atoms with van der Waals surface area (Å²) in [5.41, 5.74) is -0.697. The molecule has 0 amide bonds. The Bertz CT molecular complexity index is 611. The molecular formula is C8H5Cl2N3O2. The number of rotatable bonds is 1. The molecule has 15 heavy (non-hydrogen) atoms. The summed E-state index contributed by atoms with van der Waals surface area (Å²) < 4.78 is 1.05. The minimum atomic E-state index is -0.578. The summed E-state index contributed by atoms with van der Waals surface area (Å²) in [4.78, 5) is 24.1. The second kappa shape index (κ2) is 3.60. The van der Waals surface area contributed by atoms with Crippen LogP contribution in [-0.4, -0.2) is 14.8 Å². The van der Waals surface area contributed by atoms with E-state index in [-0.39, 0.29) is 0 Å². The minimum Gasteiger partial charge on any atom is -0.256 e. The van der Waals surface area contributed by atoms with E-state index in [0.29, 0.717) is 15.7 Å². The highest BCUT2D eigenvalue weighted by Crippen LogP contribution is 2.23. The van der Waals surface area contributed by atoms with E-state index >= 15 is 0 Å². The van der Waals surface area contributed by atoms with Crippen molar-refractivity contribution in [3.63, 3.8) is 0 Å². The largest absolute Gasteiger partial charge is 0.349 e. The van der Waals surface area contributed by atoms with E-state index in [2.05, 4.69) is 10.1 Å². The topological polar surface area (TPSA) is 70.7 Å². The average Bonchev–Trinajstić information content (AvgIpc) is 2.50. The molecule has 0 bridgehead atoms. The Hall–Kier alpha value is -1.46. The van der Waals surface area contributed by atoms with Crippen LogP contribution in [-0.2, 0) is 0 Å². The fourth-order valence-corrected chi connectivity index (χ4v) is 1.43. The maximum atomic E-state index is 11.2. The summed E-state index contributed by atoms with van der Waals surface area (Å²) in [6.45, 7) is 0. The quantitative estimate of drug-likeness (QED) is 0.792. The number of halogens is 2. The minimum absolute atomic E-state index is 0.308. The van der Waals surface area contributed by atoms with Crippen molar-refractivity contribution in [2.24, 2.45) is 0 Å². The molecule has 2 rings (SSSR count). The lowest BCUT2D eigenvalue weighted by atomic mass is 10.3. The number of hydrogen-bond acceptors (Lipinski definition) is 2. The predicted octanol–water partition coefficient (Wildman–Crippen LogP) is 1.16. The van der Waals surface area contributed by atoms with Gasteiger partial charge in [0, 0.05) is 0 Å². The van der Waals surface area contributed by atoms with Crippen LogP contribution < -0.4 is 11.4 Å². The third-order valence-corrected chi connectivity index (χ3v) is 2.54. The molecule has 0 atom stereocenters. The highest BCUT2D eigenvalue weighted by Gasteiger charge is 2.05. The standard InChI is InChI=1S/C8H5Cl2N3O2/c9-5-2-1-4(3-6(5)10)13-8(15)11-7(14)12-13/h1-3H,(H2,11,12,14,15). The molecule has 0 unspecified atom stereocenters. The molecule has 0 saturated carbocycles. The molecule has 0 aliphatic heterocycles. The first-order chi connectivity index (χ1) is 7.08. The van der Waals surface area contributed by atoms with Crippen molar-refractivity contribution in [1.82, 2.24) is 14.8 Å². The van der Waals surface area contributed by atoms with Gasteiger partial charge in [-0.2, -0.15) is 0 Å². The van der Waals surface area contributed by atoms with Gasteiger partial charge in [-0.15, -0.1) is 0 Å². The van der Waals surface area contributed by atoms with Crippen LogP contribution in [0.15, 0.2) is 27.8 Å². The number of aromatic nitrogens is 3. The van der Waals surface area contributed by atoms with Gasteiger partial charge in [-0.05, 0) is 18.2 Å². The lowest BCUT2D eigenvalue weighted by molar-refractivity contribution is 0.834. The van der Waals surface area contributed by atoms with Crippen molar-refractivity contribution in [2.75, 3.05) is 0 Å². The fourth-order valence-electron chi connectivity index (χ4n) is 1.14. The molecule has 1 heterocycles. The Morgan fingerprint density at radius 3 is 2.40 bits per heavy atom. The molecule has 0 aliphatic rings. The Morgan fingerprint density at radius 1 is 1.13 bits per heavy atom. The molecule has 2 aromatic rings. The fraction of sp³-hybridized carbons (Fsp3) is 0. The van der Waals surface area contributed by atoms with Crippen molar-refractivity contribution in [3.8, 4) is 5.69 Å². The summed E-state index contributed by atoms with van der Waals surface area (Å²) in [5, 5.41) is 2.99. The molecule has 0 spiro atoms. The number of hydrogen-bond donors (Lipinski definition) is 2. The summed E-state index contributed by atoms with van der Waals surface area (Å²) in [6, 6.07) is 4.59. The van der Waals surface area contributed by atoms with Crippen LogP contribution in [0.25, 0.3) is 5.69 Å². The van der Waals surface area contributed by atoms with Gasteiger partial charge in [0.05, 0.1) is 15.7 Å². The van der Waals surface area contributed by atoms with Crippen LogP contribution in [0.5, 0.6) is 0 Å². The van der Waals surface area contributed by atoms with Crippen molar-refractivity contribution in [1.29, 1.82) is 0 Å². The number of benzene rings is 1. The van der Waals surface area contributed by atoms with Crippen molar-refractivity contribution in [2.45, 2.75) is 0 Å². The first-order valence-corrected chi connectivity index (χ1v) is 4.70. The van der Waals surface area contributed by atoms with Crippen LogP contribution in [0, 0.1) is 0 Å². The van der Waals surface area contributed by atoms with Gasteiger partial charge >= 0.3 is 11.4 Å². The first kappa shape index (κ1) is 10.1. The summed E-state index contributed by atoms with van der Waals surface area (Å²) >= 11 is 11.5. The number of nitrogens with zero attached hydrogens (tertiary/aromatic N) is 1. The van der Waals surface area contributed by atoms with E-state index in [1.807, 2.05) is 0 Å². The highest BCUT2D eigenvalue weighted by molar-refractivity contribution is 6.42. The molecule has 2 N–H and O–H groups in total. The molecule has 1 aromatic carbocycles. The Labute approximate surface area is 93.2 Å². The molecule has 0 aliphatic carbocycles. The monoisotopic (exact) mass is 245 g/mol. The van der Waals surface area contributed by atoms with Gasteiger partial charge in [0.25, 0.3) is 0 Å². The second-order valence-electron chi connectivity index (χ2n) is 2.80. The van der Waals surface area contributed by atoms with E-state index in [1.165, 1.54) is 12.1 Å². The molecule has 0 fully saturated rings. The van der Waals surface area contributed by atoms with Crippen molar-refractivity contribution in [3.05, 3.63) is 49.2 Å². The number of aromatic amines is 2. The molecule has 0 saturated heterocycles. The molecule has 78 valence electrons. The van der Waals surface area contributed by atoms with E-state index in [9.17, 15) is 9.59 Å². The van der Waals surface area contributed by atoms with E-state index in [4.69, 9.17) is 23.2 Å².